The van der Waals surface area contributed by atoms with Crippen molar-refractivity contribution in [3.63, 3.8) is 0 Å². The fourth-order valence-corrected chi connectivity index (χ4v) is 2.03. The number of carbonyl (C=O) groups excluding carboxylic acids is 1. The topological polar surface area (TPSA) is 55.1 Å². The molecule has 0 aromatic heterocycles. The standard InChI is InChI=1S/C11H22N2O/c1-11(2,3)13-10(14)7-8-5-4-6-9(8)12/h8-9H,4-7,12H2,1-3H3,(H,13,14). The van der Waals surface area contributed by atoms with Crippen molar-refractivity contribution in [2.75, 3.05) is 0 Å². The molecule has 1 aliphatic carbocycles. The molecule has 3 heteroatoms. The van der Waals surface area contributed by atoms with Crippen LogP contribution >= 0.6 is 0 Å². The lowest BCUT2D eigenvalue weighted by Gasteiger charge is -2.22. The fraction of sp³-hybridized carbons (Fsp3) is 0.909. The molecule has 3 nitrogen and oxygen atoms in total. The summed E-state index contributed by atoms with van der Waals surface area (Å²) >= 11 is 0. The molecule has 0 heterocycles. The van der Waals surface area contributed by atoms with Gasteiger partial charge >= 0.3 is 0 Å². The van der Waals surface area contributed by atoms with E-state index in [4.69, 9.17) is 5.73 Å². The van der Waals surface area contributed by atoms with E-state index in [1.807, 2.05) is 20.8 Å². The van der Waals surface area contributed by atoms with Gasteiger partial charge in [0.05, 0.1) is 0 Å². The molecule has 1 fully saturated rings. The van der Waals surface area contributed by atoms with E-state index < -0.39 is 0 Å². The Balaban J connectivity index is 2.33. The minimum atomic E-state index is -0.125. The molecule has 0 saturated heterocycles. The summed E-state index contributed by atoms with van der Waals surface area (Å²) in [7, 11) is 0. The lowest BCUT2D eigenvalue weighted by molar-refractivity contribution is -0.123. The van der Waals surface area contributed by atoms with Gasteiger partial charge in [-0.15, -0.1) is 0 Å². The molecule has 0 bridgehead atoms. The Bertz CT molecular complexity index is 208. The summed E-state index contributed by atoms with van der Waals surface area (Å²) in [5.74, 6) is 0.539. The first-order valence-corrected chi connectivity index (χ1v) is 5.45. The monoisotopic (exact) mass is 198 g/mol. The van der Waals surface area contributed by atoms with Crippen LogP contribution in [0.4, 0.5) is 0 Å². The van der Waals surface area contributed by atoms with Crippen molar-refractivity contribution in [1.82, 2.24) is 5.32 Å². The highest BCUT2D eigenvalue weighted by molar-refractivity contribution is 5.77. The Kier molecular flexibility index (Phi) is 3.53. The minimum absolute atomic E-state index is 0.125. The lowest BCUT2D eigenvalue weighted by Crippen LogP contribution is -2.42. The highest BCUT2D eigenvalue weighted by atomic mass is 16.1. The molecule has 14 heavy (non-hydrogen) atoms. The quantitative estimate of drug-likeness (QED) is 0.705. The van der Waals surface area contributed by atoms with Crippen LogP contribution in [0.1, 0.15) is 46.5 Å². The first-order chi connectivity index (χ1) is 6.38. The second-order valence-corrected chi connectivity index (χ2v) is 5.36. The second kappa shape index (κ2) is 4.30. The zero-order valence-corrected chi connectivity index (χ0v) is 9.47. The summed E-state index contributed by atoms with van der Waals surface area (Å²) < 4.78 is 0. The van der Waals surface area contributed by atoms with E-state index in [1.54, 1.807) is 0 Å². The van der Waals surface area contributed by atoms with Gasteiger partial charge in [-0.05, 0) is 39.5 Å². The molecule has 1 saturated carbocycles. The molecule has 0 aromatic carbocycles. The van der Waals surface area contributed by atoms with Crippen LogP contribution in [-0.2, 0) is 4.79 Å². The summed E-state index contributed by atoms with van der Waals surface area (Å²) in [5.41, 5.74) is 5.79. The Morgan fingerprint density at radius 1 is 1.43 bits per heavy atom. The van der Waals surface area contributed by atoms with E-state index in [9.17, 15) is 4.79 Å². The predicted molar refractivity (Wildman–Crippen MR) is 57.8 cm³/mol. The van der Waals surface area contributed by atoms with Crippen LogP contribution in [0.15, 0.2) is 0 Å². The van der Waals surface area contributed by atoms with Crippen LogP contribution in [0, 0.1) is 5.92 Å². The zero-order chi connectivity index (χ0) is 10.8. The molecule has 0 spiro atoms. The molecule has 0 aliphatic heterocycles. The SMILES string of the molecule is CC(C)(C)NC(=O)CC1CCCC1N. The van der Waals surface area contributed by atoms with Crippen LogP contribution in [-0.4, -0.2) is 17.5 Å². The molecule has 2 unspecified atom stereocenters. The van der Waals surface area contributed by atoms with Crippen LogP contribution in [0.25, 0.3) is 0 Å². The average Bonchev–Trinajstić information content (AvgIpc) is 2.32. The molecule has 82 valence electrons. The lowest BCUT2D eigenvalue weighted by atomic mass is 9.99. The highest BCUT2D eigenvalue weighted by Crippen LogP contribution is 2.26. The third kappa shape index (κ3) is 3.66. The zero-order valence-electron chi connectivity index (χ0n) is 9.47. The third-order valence-corrected chi connectivity index (χ3v) is 2.68. The number of rotatable bonds is 2. The number of carbonyl (C=O) groups is 1. The predicted octanol–water partition coefficient (Wildman–Crippen LogP) is 1.42. The normalized spacial score (nSPS) is 27.7. The van der Waals surface area contributed by atoms with Gasteiger partial charge in [-0.2, -0.15) is 0 Å². The smallest absolute Gasteiger partial charge is 0.220 e. The van der Waals surface area contributed by atoms with E-state index in [1.165, 1.54) is 6.42 Å². The van der Waals surface area contributed by atoms with E-state index in [0.717, 1.165) is 12.8 Å². The third-order valence-electron chi connectivity index (χ3n) is 2.68. The van der Waals surface area contributed by atoms with Gasteiger partial charge in [0, 0.05) is 18.0 Å². The Morgan fingerprint density at radius 2 is 2.07 bits per heavy atom. The summed E-state index contributed by atoms with van der Waals surface area (Å²) in [5, 5.41) is 2.97. The fourth-order valence-electron chi connectivity index (χ4n) is 2.03. The molecular weight excluding hydrogens is 176 g/mol. The van der Waals surface area contributed by atoms with E-state index >= 15 is 0 Å². The number of amides is 1. The van der Waals surface area contributed by atoms with Gasteiger partial charge in [-0.1, -0.05) is 6.42 Å². The van der Waals surface area contributed by atoms with Crippen molar-refractivity contribution in [3.8, 4) is 0 Å². The van der Waals surface area contributed by atoms with Gasteiger partial charge in [0.1, 0.15) is 0 Å². The van der Waals surface area contributed by atoms with Gasteiger partial charge in [-0.25, -0.2) is 0 Å². The van der Waals surface area contributed by atoms with E-state index in [0.29, 0.717) is 12.3 Å². The maximum absolute atomic E-state index is 11.6. The summed E-state index contributed by atoms with van der Waals surface area (Å²) in [4.78, 5) is 11.6. The maximum atomic E-state index is 11.6. The van der Waals surface area contributed by atoms with Crippen molar-refractivity contribution >= 4 is 5.91 Å². The maximum Gasteiger partial charge on any atom is 0.220 e. The summed E-state index contributed by atoms with van der Waals surface area (Å²) in [6, 6.07) is 0.237. The average molecular weight is 198 g/mol. The Labute approximate surface area is 86.4 Å². The van der Waals surface area contributed by atoms with Crippen LogP contribution < -0.4 is 11.1 Å². The highest BCUT2D eigenvalue weighted by Gasteiger charge is 2.27. The number of nitrogens with one attached hydrogen (secondary N) is 1. The first-order valence-electron chi connectivity index (χ1n) is 5.45. The van der Waals surface area contributed by atoms with E-state index in [-0.39, 0.29) is 17.5 Å². The number of hydrogen-bond donors (Lipinski definition) is 2. The molecule has 1 aliphatic rings. The largest absolute Gasteiger partial charge is 0.351 e. The van der Waals surface area contributed by atoms with E-state index in [2.05, 4.69) is 5.32 Å². The molecule has 1 amide bonds. The Hall–Kier alpha value is -0.570. The minimum Gasteiger partial charge on any atom is -0.351 e. The summed E-state index contributed by atoms with van der Waals surface area (Å²) in [6.07, 6.45) is 3.96. The van der Waals surface area contributed by atoms with Crippen LogP contribution in [0.5, 0.6) is 0 Å². The number of hydrogen-bond acceptors (Lipinski definition) is 2. The molecular formula is C11H22N2O. The van der Waals surface area contributed by atoms with Crippen molar-refractivity contribution < 1.29 is 4.79 Å². The van der Waals surface area contributed by atoms with Gasteiger partial charge in [0.15, 0.2) is 0 Å². The Morgan fingerprint density at radius 3 is 2.50 bits per heavy atom. The molecule has 2 atom stereocenters. The van der Waals surface area contributed by atoms with Gasteiger partial charge in [0.2, 0.25) is 5.91 Å². The van der Waals surface area contributed by atoms with Gasteiger partial charge < -0.3 is 11.1 Å². The van der Waals surface area contributed by atoms with Crippen LogP contribution in [0.2, 0.25) is 0 Å². The molecule has 0 aromatic rings. The first kappa shape index (κ1) is 11.5. The second-order valence-electron chi connectivity index (χ2n) is 5.36. The van der Waals surface area contributed by atoms with Crippen molar-refractivity contribution in [1.29, 1.82) is 0 Å². The van der Waals surface area contributed by atoms with Gasteiger partial charge in [0.25, 0.3) is 0 Å². The summed E-state index contributed by atoms with van der Waals surface area (Å²) in [6.45, 7) is 6.00. The molecule has 0 radical (unpaired) electrons. The van der Waals surface area contributed by atoms with Crippen molar-refractivity contribution in [3.05, 3.63) is 0 Å². The van der Waals surface area contributed by atoms with Gasteiger partial charge in [-0.3, -0.25) is 4.79 Å². The van der Waals surface area contributed by atoms with Crippen LogP contribution in [0.3, 0.4) is 0 Å². The molecule has 1 rings (SSSR count). The van der Waals surface area contributed by atoms with Crippen molar-refractivity contribution in [2.24, 2.45) is 11.7 Å². The number of nitrogens with two attached hydrogens (primary N) is 1. The van der Waals surface area contributed by atoms with Crippen molar-refractivity contribution in [2.45, 2.75) is 58.0 Å². The molecule has 3 N–H and O–H groups in total.